The van der Waals surface area contributed by atoms with Gasteiger partial charge in [0.2, 0.25) is 0 Å². The molecule has 3 rings (SSSR count). The maximum absolute atomic E-state index is 14.5. The first kappa shape index (κ1) is 19.1. The van der Waals surface area contributed by atoms with Crippen molar-refractivity contribution >= 4 is 23.7 Å². The van der Waals surface area contributed by atoms with Gasteiger partial charge in [0.25, 0.3) is 5.91 Å². The highest BCUT2D eigenvalue weighted by atomic mass is 31.2. The van der Waals surface area contributed by atoms with E-state index < -0.39 is 12.9 Å². The van der Waals surface area contributed by atoms with E-state index in [9.17, 15) is 9.36 Å². The fraction of sp³-hybridized carbons (Fsp3) is 0.174. The summed E-state index contributed by atoms with van der Waals surface area (Å²) < 4.78 is 14.5. The quantitative estimate of drug-likeness (QED) is 0.647. The SMILES string of the molecule is CC(C)[C@H](NC(=O)c1ccccc1)P(=O)(c1ccccc1)c1ccccc1. The van der Waals surface area contributed by atoms with Crippen LogP contribution in [0.15, 0.2) is 91.0 Å². The molecule has 0 saturated carbocycles. The van der Waals surface area contributed by atoms with Crippen molar-refractivity contribution in [2.75, 3.05) is 0 Å². The molecule has 0 spiro atoms. The molecule has 0 aliphatic heterocycles. The highest BCUT2D eigenvalue weighted by molar-refractivity contribution is 7.79. The molecule has 4 heteroatoms. The number of carbonyl (C=O) groups excluding carboxylic acids is 1. The molecule has 3 nitrogen and oxygen atoms in total. The van der Waals surface area contributed by atoms with Crippen molar-refractivity contribution in [2.24, 2.45) is 5.92 Å². The van der Waals surface area contributed by atoms with Crippen molar-refractivity contribution in [1.29, 1.82) is 0 Å². The van der Waals surface area contributed by atoms with Crippen LogP contribution in [-0.4, -0.2) is 11.7 Å². The number of amides is 1. The fourth-order valence-electron chi connectivity index (χ4n) is 3.25. The Kier molecular flexibility index (Phi) is 5.93. The molecule has 0 fully saturated rings. The summed E-state index contributed by atoms with van der Waals surface area (Å²) in [5, 5.41) is 4.57. The first-order valence-electron chi connectivity index (χ1n) is 9.10. The molecule has 1 amide bonds. The van der Waals surface area contributed by atoms with Crippen molar-refractivity contribution in [3.63, 3.8) is 0 Å². The third-order valence-electron chi connectivity index (χ3n) is 4.62. The number of rotatable bonds is 6. The van der Waals surface area contributed by atoms with E-state index in [-0.39, 0.29) is 11.8 Å². The zero-order valence-corrected chi connectivity index (χ0v) is 16.5. The summed E-state index contributed by atoms with van der Waals surface area (Å²) in [6.07, 6.45) is 0. The van der Waals surface area contributed by atoms with E-state index in [2.05, 4.69) is 5.32 Å². The molecule has 138 valence electrons. The molecule has 1 atom stereocenters. The number of carbonyl (C=O) groups is 1. The second-order valence-electron chi connectivity index (χ2n) is 6.86. The van der Waals surface area contributed by atoms with Gasteiger partial charge in [0.15, 0.2) is 7.14 Å². The van der Waals surface area contributed by atoms with E-state index in [1.807, 2.05) is 92.7 Å². The van der Waals surface area contributed by atoms with Gasteiger partial charge in [-0.2, -0.15) is 0 Å². The van der Waals surface area contributed by atoms with E-state index in [0.717, 1.165) is 10.6 Å². The van der Waals surface area contributed by atoms with E-state index in [4.69, 9.17) is 0 Å². The van der Waals surface area contributed by atoms with Crippen LogP contribution in [0.4, 0.5) is 0 Å². The Morgan fingerprint density at radius 3 is 1.56 bits per heavy atom. The largest absolute Gasteiger partial charge is 0.341 e. The van der Waals surface area contributed by atoms with E-state index >= 15 is 0 Å². The minimum atomic E-state index is -3.10. The van der Waals surface area contributed by atoms with Crippen molar-refractivity contribution in [1.82, 2.24) is 5.32 Å². The number of hydrogen-bond acceptors (Lipinski definition) is 2. The summed E-state index contributed by atoms with van der Waals surface area (Å²) in [6, 6.07) is 28.0. The molecule has 27 heavy (non-hydrogen) atoms. The molecule has 0 saturated heterocycles. The molecular formula is C23H24NO2P. The Hall–Kier alpha value is -2.64. The van der Waals surface area contributed by atoms with Crippen molar-refractivity contribution in [3.8, 4) is 0 Å². The Morgan fingerprint density at radius 1 is 0.741 bits per heavy atom. The lowest BCUT2D eigenvalue weighted by Gasteiger charge is -2.32. The van der Waals surface area contributed by atoms with Gasteiger partial charge in [0, 0.05) is 16.2 Å². The number of hydrogen-bond donors (Lipinski definition) is 1. The van der Waals surface area contributed by atoms with Crippen LogP contribution in [0.25, 0.3) is 0 Å². The first-order chi connectivity index (χ1) is 13.0. The summed E-state index contributed by atoms with van der Waals surface area (Å²) in [5.41, 5.74) is 0.566. The molecule has 0 aliphatic rings. The molecule has 0 unspecified atom stereocenters. The predicted molar refractivity (Wildman–Crippen MR) is 112 cm³/mol. The van der Waals surface area contributed by atoms with Crippen LogP contribution in [0.2, 0.25) is 0 Å². The Labute approximate surface area is 160 Å². The lowest BCUT2D eigenvalue weighted by atomic mass is 10.2. The van der Waals surface area contributed by atoms with Crippen molar-refractivity contribution in [2.45, 2.75) is 19.6 Å². The van der Waals surface area contributed by atoms with E-state index in [1.54, 1.807) is 12.1 Å². The monoisotopic (exact) mass is 377 g/mol. The highest BCUT2D eigenvalue weighted by Gasteiger charge is 2.39. The van der Waals surface area contributed by atoms with Crippen LogP contribution in [-0.2, 0) is 4.57 Å². The Balaban J connectivity index is 2.08. The summed E-state index contributed by atoms with van der Waals surface area (Å²) >= 11 is 0. The summed E-state index contributed by atoms with van der Waals surface area (Å²) in [4.78, 5) is 12.8. The normalized spacial score (nSPS) is 12.6. The van der Waals surface area contributed by atoms with Gasteiger partial charge < -0.3 is 9.88 Å². The topological polar surface area (TPSA) is 46.2 Å². The van der Waals surface area contributed by atoms with E-state index in [0.29, 0.717) is 5.56 Å². The van der Waals surface area contributed by atoms with Gasteiger partial charge in [-0.15, -0.1) is 0 Å². The minimum absolute atomic E-state index is 0.0103. The molecule has 3 aromatic rings. The maximum atomic E-state index is 14.5. The van der Waals surface area contributed by atoms with Crippen LogP contribution in [0.3, 0.4) is 0 Å². The lowest BCUT2D eigenvalue weighted by Crippen LogP contribution is -2.43. The average molecular weight is 377 g/mol. The highest BCUT2D eigenvalue weighted by Crippen LogP contribution is 2.50. The molecule has 0 heterocycles. The average Bonchev–Trinajstić information content (AvgIpc) is 2.73. The minimum Gasteiger partial charge on any atom is -0.341 e. The van der Waals surface area contributed by atoms with Crippen LogP contribution in [0.1, 0.15) is 24.2 Å². The van der Waals surface area contributed by atoms with Gasteiger partial charge in [-0.25, -0.2) is 0 Å². The fourth-order valence-corrected chi connectivity index (χ4v) is 6.56. The zero-order chi connectivity index (χ0) is 19.3. The third kappa shape index (κ3) is 4.04. The Bertz CT molecular complexity index is 881. The van der Waals surface area contributed by atoms with Crippen molar-refractivity contribution < 1.29 is 9.36 Å². The summed E-state index contributed by atoms with van der Waals surface area (Å²) in [5.74, 6) is -0.722. The summed E-state index contributed by atoms with van der Waals surface area (Å²) in [7, 11) is -3.10. The molecular weight excluding hydrogens is 353 g/mol. The Morgan fingerprint density at radius 2 is 1.15 bits per heavy atom. The number of nitrogens with one attached hydrogen (secondary N) is 1. The third-order valence-corrected chi connectivity index (χ3v) is 8.26. The van der Waals surface area contributed by atoms with E-state index in [1.165, 1.54) is 0 Å². The second kappa shape index (κ2) is 8.37. The molecule has 0 bridgehead atoms. The van der Waals surface area contributed by atoms with Crippen LogP contribution in [0, 0.1) is 5.92 Å². The van der Waals surface area contributed by atoms with Gasteiger partial charge in [0.1, 0.15) is 0 Å². The predicted octanol–water partition coefficient (Wildman–Crippen LogP) is 4.41. The number of benzene rings is 3. The standard InChI is InChI=1S/C23H24NO2P/c1-18(2)23(24-22(25)19-12-6-3-7-13-19)27(26,20-14-8-4-9-15-20)21-16-10-5-11-17-21/h3-18,23H,1-2H3,(H,24,25)/t23-/m1/s1. The molecule has 0 aromatic heterocycles. The van der Waals surface area contributed by atoms with Gasteiger partial charge in [0.05, 0.1) is 5.78 Å². The van der Waals surface area contributed by atoms with Gasteiger partial charge in [-0.1, -0.05) is 92.7 Å². The van der Waals surface area contributed by atoms with Crippen molar-refractivity contribution in [3.05, 3.63) is 96.6 Å². The van der Waals surface area contributed by atoms with Gasteiger partial charge >= 0.3 is 0 Å². The molecule has 3 aromatic carbocycles. The molecule has 0 aliphatic carbocycles. The smallest absolute Gasteiger partial charge is 0.251 e. The van der Waals surface area contributed by atoms with Crippen LogP contribution < -0.4 is 15.9 Å². The van der Waals surface area contributed by atoms with Gasteiger partial charge in [-0.3, -0.25) is 4.79 Å². The lowest BCUT2D eigenvalue weighted by molar-refractivity contribution is 0.0941. The molecule has 0 radical (unpaired) electrons. The maximum Gasteiger partial charge on any atom is 0.251 e. The second-order valence-corrected chi connectivity index (χ2v) is 9.76. The summed E-state index contributed by atoms with van der Waals surface area (Å²) in [6.45, 7) is 3.99. The van der Waals surface area contributed by atoms with Crippen LogP contribution in [0.5, 0.6) is 0 Å². The van der Waals surface area contributed by atoms with Gasteiger partial charge in [-0.05, 0) is 18.1 Å². The molecule has 1 N–H and O–H groups in total. The zero-order valence-electron chi connectivity index (χ0n) is 15.6. The van der Waals surface area contributed by atoms with Crippen LogP contribution >= 0.6 is 7.14 Å². The first-order valence-corrected chi connectivity index (χ1v) is 10.9.